The summed E-state index contributed by atoms with van der Waals surface area (Å²) < 4.78 is 5.81. The molecule has 0 aromatic heterocycles. The molecule has 0 radical (unpaired) electrons. The molecule has 4 aliphatic carbocycles. The van der Waals surface area contributed by atoms with Crippen molar-refractivity contribution in [3.63, 3.8) is 0 Å². The number of aliphatic hydroxyl groups excluding tert-OH is 1. The number of carbonyl (C=O) groups is 1. The predicted molar refractivity (Wildman–Crippen MR) is 89.4 cm³/mol. The molecule has 5 aliphatic rings. The Hall–Kier alpha value is -0.810. The Bertz CT molecular complexity index is 513. The predicted octanol–water partition coefficient (Wildman–Crippen LogP) is 1.99. The van der Waals surface area contributed by atoms with Crippen LogP contribution in [0.25, 0.3) is 0 Å². The minimum Gasteiger partial charge on any atom is -0.392 e. The van der Waals surface area contributed by atoms with Crippen molar-refractivity contribution in [1.82, 2.24) is 10.2 Å². The standard InChI is InChI=1S/C19H30N2O3/c1-2-24-14-10-13(22)19(14)5-7-21(8-6-19)18(23)20-17-15-11-3-4-12(9-11)16(15)17/h11-17,22H,2-10H2,1H3,(H,20,23). The summed E-state index contributed by atoms with van der Waals surface area (Å²) in [5.41, 5.74) is -0.0953. The first kappa shape index (κ1) is 15.4. The number of hydrogen-bond acceptors (Lipinski definition) is 3. The van der Waals surface area contributed by atoms with E-state index in [4.69, 9.17) is 4.74 Å². The van der Waals surface area contributed by atoms with E-state index in [2.05, 4.69) is 5.32 Å². The van der Waals surface area contributed by atoms with Gasteiger partial charge in [0.2, 0.25) is 0 Å². The van der Waals surface area contributed by atoms with Crippen LogP contribution >= 0.6 is 0 Å². The Balaban J connectivity index is 1.15. The van der Waals surface area contributed by atoms with Crippen LogP contribution < -0.4 is 5.32 Å². The second kappa shape index (κ2) is 5.34. The molecule has 5 heteroatoms. The number of aliphatic hydroxyl groups is 1. The fourth-order valence-electron chi connectivity index (χ4n) is 6.70. The zero-order valence-corrected chi connectivity index (χ0v) is 14.6. The first-order valence-electron chi connectivity index (χ1n) is 9.99. The summed E-state index contributed by atoms with van der Waals surface area (Å²) in [7, 11) is 0. The van der Waals surface area contributed by atoms with E-state index in [1.165, 1.54) is 19.3 Å². The maximum atomic E-state index is 12.6. The van der Waals surface area contributed by atoms with Crippen LogP contribution in [0.15, 0.2) is 0 Å². The molecule has 24 heavy (non-hydrogen) atoms. The molecule has 6 atom stereocenters. The molecule has 1 heterocycles. The second-order valence-electron chi connectivity index (χ2n) is 8.88. The number of rotatable bonds is 3. The molecule has 1 saturated heterocycles. The molecule has 2 amide bonds. The minimum absolute atomic E-state index is 0.0953. The average molecular weight is 334 g/mol. The molecule has 6 unspecified atom stereocenters. The van der Waals surface area contributed by atoms with E-state index in [1.54, 1.807) is 0 Å². The molecule has 2 N–H and O–H groups in total. The highest BCUT2D eigenvalue weighted by Crippen LogP contribution is 2.65. The third kappa shape index (κ3) is 2.03. The van der Waals surface area contributed by atoms with Crippen molar-refractivity contribution < 1.29 is 14.6 Å². The van der Waals surface area contributed by atoms with Crippen LogP contribution in [0.2, 0.25) is 0 Å². The van der Waals surface area contributed by atoms with E-state index in [9.17, 15) is 9.90 Å². The van der Waals surface area contributed by atoms with E-state index < -0.39 is 0 Å². The van der Waals surface area contributed by atoms with Crippen LogP contribution in [0.1, 0.15) is 45.4 Å². The van der Waals surface area contributed by atoms with Crippen LogP contribution in [0.5, 0.6) is 0 Å². The second-order valence-corrected chi connectivity index (χ2v) is 8.88. The lowest BCUT2D eigenvalue weighted by Gasteiger charge is -2.56. The van der Waals surface area contributed by atoms with Gasteiger partial charge in [0, 0.05) is 37.6 Å². The first-order chi connectivity index (χ1) is 11.6. The van der Waals surface area contributed by atoms with Crippen LogP contribution in [-0.4, -0.2) is 54.0 Å². The van der Waals surface area contributed by atoms with E-state index in [0.717, 1.165) is 56.0 Å². The normalized spacial score (nSPS) is 47.4. The Morgan fingerprint density at radius 1 is 1.21 bits per heavy atom. The zero-order chi connectivity index (χ0) is 16.5. The topological polar surface area (TPSA) is 61.8 Å². The Labute approximate surface area is 144 Å². The molecule has 0 aromatic carbocycles. The van der Waals surface area contributed by atoms with Crippen LogP contribution in [-0.2, 0) is 4.74 Å². The summed E-state index contributed by atoms with van der Waals surface area (Å²) in [6.07, 6.45) is 6.63. The molecule has 4 saturated carbocycles. The first-order valence-corrected chi connectivity index (χ1v) is 9.99. The number of ether oxygens (including phenoxy) is 1. The van der Waals surface area contributed by atoms with Gasteiger partial charge in [-0.05, 0) is 62.7 Å². The van der Waals surface area contributed by atoms with Gasteiger partial charge in [0.25, 0.3) is 0 Å². The largest absolute Gasteiger partial charge is 0.392 e. The number of likely N-dealkylation sites (tertiary alicyclic amines) is 1. The fourth-order valence-corrected chi connectivity index (χ4v) is 6.70. The van der Waals surface area contributed by atoms with Gasteiger partial charge in [0.15, 0.2) is 0 Å². The number of nitrogens with zero attached hydrogens (tertiary/aromatic N) is 1. The summed E-state index contributed by atoms with van der Waals surface area (Å²) in [5.74, 6) is 3.37. The van der Waals surface area contributed by atoms with E-state index in [1.807, 2.05) is 11.8 Å². The number of fused-ring (bicyclic) bond motifs is 5. The molecule has 0 aromatic rings. The third-order valence-corrected chi connectivity index (χ3v) is 8.12. The lowest BCUT2D eigenvalue weighted by molar-refractivity contribution is -0.207. The Morgan fingerprint density at radius 2 is 1.88 bits per heavy atom. The molecule has 5 nitrogen and oxygen atoms in total. The van der Waals surface area contributed by atoms with Crippen molar-refractivity contribution in [2.75, 3.05) is 19.7 Å². The Morgan fingerprint density at radius 3 is 2.46 bits per heavy atom. The van der Waals surface area contributed by atoms with Crippen molar-refractivity contribution in [2.45, 2.75) is 63.7 Å². The molecule has 1 aliphatic heterocycles. The highest BCUT2D eigenvalue weighted by molar-refractivity contribution is 5.75. The SMILES string of the molecule is CCOC1CC(O)C12CCN(C(=O)NC1C3C4CCC(C4)C13)CC2. The van der Waals surface area contributed by atoms with Crippen LogP contribution in [0, 0.1) is 29.1 Å². The maximum Gasteiger partial charge on any atom is 0.317 e. The van der Waals surface area contributed by atoms with Crippen molar-refractivity contribution in [1.29, 1.82) is 0 Å². The summed E-state index contributed by atoms with van der Waals surface area (Å²) in [6, 6.07) is 0.593. The lowest BCUT2D eigenvalue weighted by atomic mass is 9.58. The third-order valence-electron chi connectivity index (χ3n) is 8.12. The van der Waals surface area contributed by atoms with Crippen LogP contribution in [0.3, 0.4) is 0 Å². The lowest BCUT2D eigenvalue weighted by Crippen LogP contribution is -2.63. The molecule has 1 spiro atoms. The molecular formula is C19H30N2O3. The molecule has 134 valence electrons. The summed E-state index contributed by atoms with van der Waals surface area (Å²) in [5, 5.41) is 13.6. The van der Waals surface area contributed by atoms with E-state index in [-0.39, 0.29) is 23.7 Å². The fraction of sp³-hybridized carbons (Fsp3) is 0.947. The molecule has 2 bridgehead atoms. The van der Waals surface area contributed by atoms with Gasteiger partial charge in [-0.1, -0.05) is 0 Å². The average Bonchev–Trinajstić information content (AvgIpc) is 2.97. The maximum absolute atomic E-state index is 12.6. The summed E-state index contributed by atoms with van der Waals surface area (Å²) in [4.78, 5) is 14.6. The van der Waals surface area contributed by atoms with Crippen molar-refractivity contribution in [3.05, 3.63) is 0 Å². The van der Waals surface area contributed by atoms with Gasteiger partial charge >= 0.3 is 6.03 Å². The number of urea groups is 1. The highest BCUT2D eigenvalue weighted by Gasteiger charge is 2.65. The Kier molecular flexibility index (Phi) is 3.44. The van der Waals surface area contributed by atoms with Gasteiger partial charge in [-0.15, -0.1) is 0 Å². The van der Waals surface area contributed by atoms with Crippen molar-refractivity contribution >= 4 is 6.03 Å². The van der Waals surface area contributed by atoms with Gasteiger partial charge in [0.05, 0.1) is 12.2 Å². The highest BCUT2D eigenvalue weighted by atomic mass is 16.5. The van der Waals surface area contributed by atoms with Gasteiger partial charge in [-0.2, -0.15) is 0 Å². The van der Waals surface area contributed by atoms with E-state index in [0.29, 0.717) is 12.6 Å². The molecular weight excluding hydrogens is 304 g/mol. The number of hydrogen-bond donors (Lipinski definition) is 2. The molecule has 5 fully saturated rings. The van der Waals surface area contributed by atoms with Gasteiger partial charge in [-0.3, -0.25) is 0 Å². The van der Waals surface area contributed by atoms with Crippen LogP contribution in [0.4, 0.5) is 4.79 Å². The summed E-state index contributed by atoms with van der Waals surface area (Å²) >= 11 is 0. The number of piperidine rings is 1. The van der Waals surface area contributed by atoms with Crippen molar-refractivity contribution in [2.24, 2.45) is 29.1 Å². The van der Waals surface area contributed by atoms with Gasteiger partial charge in [-0.25, -0.2) is 4.79 Å². The van der Waals surface area contributed by atoms with Gasteiger partial charge < -0.3 is 20.1 Å². The summed E-state index contributed by atoms with van der Waals surface area (Å²) in [6.45, 7) is 4.22. The zero-order valence-electron chi connectivity index (χ0n) is 14.6. The monoisotopic (exact) mass is 334 g/mol. The van der Waals surface area contributed by atoms with Gasteiger partial charge in [0.1, 0.15) is 0 Å². The number of carbonyl (C=O) groups excluding carboxylic acids is 1. The van der Waals surface area contributed by atoms with E-state index >= 15 is 0 Å². The minimum atomic E-state index is -0.252. The quantitative estimate of drug-likeness (QED) is 0.830. The number of amides is 2. The number of nitrogens with one attached hydrogen (secondary N) is 1. The molecule has 5 rings (SSSR count). The van der Waals surface area contributed by atoms with Crippen molar-refractivity contribution in [3.8, 4) is 0 Å². The smallest absolute Gasteiger partial charge is 0.317 e.